The number of aryl methyl sites for hydroxylation is 1. The molecule has 0 saturated carbocycles. The number of hydrogen-bond acceptors (Lipinski definition) is 4. The highest BCUT2D eigenvalue weighted by Gasteiger charge is 2.26. The molecule has 0 spiro atoms. The number of likely N-dealkylation sites (N-methyl/N-ethyl adjacent to an activating group) is 1. The van der Waals surface area contributed by atoms with Gasteiger partial charge in [-0.05, 0) is 61.9 Å². The van der Waals surface area contributed by atoms with Crippen LogP contribution in [0.5, 0.6) is 0 Å². The van der Waals surface area contributed by atoms with Crippen LogP contribution in [-0.2, 0) is 29.0 Å². The average molecular weight is 426 g/mol. The summed E-state index contributed by atoms with van der Waals surface area (Å²) in [6.07, 6.45) is 5.00. The standard InChI is InChI=1S/C24H28ClN3O2/c1-4-30-24(29)11-17(19-7-9-26-13-16(19)2)14-28-22-6-5-18(25)12-20(22)21-15-27(3)10-8-23(21)28/h5-7,9,12-13,17H,4,8,10-11,14-15H2,1-3H3. The lowest BCUT2D eigenvalue weighted by Gasteiger charge is -2.26. The van der Waals surface area contributed by atoms with Gasteiger partial charge in [-0.15, -0.1) is 0 Å². The third-order valence-electron chi connectivity index (χ3n) is 6.03. The van der Waals surface area contributed by atoms with Gasteiger partial charge < -0.3 is 14.2 Å². The van der Waals surface area contributed by atoms with Crippen molar-refractivity contribution in [1.29, 1.82) is 0 Å². The number of aromatic nitrogens is 2. The van der Waals surface area contributed by atoms with Crippen molar-refractivity contribution in [2.45, 2.75) is 45.7 Å². The second-order valence-electron chi connectivity index (χ2n) is 8.12. The number of carbonyl (C=O) groups is 1. The molecular weight excluding hydrogens is 398 g/mol. The molecule has 1 aliphatic rings. The van der Waals surface area contributed by atoms with Gasteiger partial charge in [-0.2, -0.15) is 0 Å². The molecule has 0 radical (unpaired) electrons. The van der Waals surface area contributed by atoms with E-state index in [1.165, 1.54) is 22.2 Å². The molecule has 3 aromatic rings. The van der Waals surface area contributed by atoms with Crippen molar-refractivity contribution in [2.75, 3.05) is 20.2 Å². The Morgan fingerprint density at radius 3 is 2.93 bits per heavy atom. The van der Waals surface area contributed by atoms with E-state index in [9.17, 15) is 4.79 Å². The van der Waals surface area contributed by atoms with Gasteiger partial charge in [0.25, 0.3) is 0 Å². The first-order valence-electron chi connectivity index (χ1n) is 10.5. The molecule has 2 aromatic heterocycles. The summed E-state index contributed by atoms with van der Waals surface area (Å²) in [5.41, 5.74) is 6.13. The van der Waals surface area contributed by atoms with Crippen molar-refractivity contribution in [3.8, 4) is 0 Å². The van der Waals surface area contributed by atoms with Crippen LogP contribution in [-0.4, -0.2) is 40.6 Å². The summed E-state index contributed by atoms with van der Waals surface area (Å²) in [7, 11) is 2.15. The molecular formula is C24H28ClN3O2. The molecule has 1 atom stereocenters. The van der Waals surface area contributed by atoms with Crippen LogP contribution in [0.4, 0.5) is 0 Å². The second-order valence-corrected chi connectivity index (χ2v) is 8.56. The maximum absolute atomic E-state index is 12.4. The van der Waals surface area contributed by atoms with E-state index in [1.54, 1.807) is 6.20 Å². The molecule has 1 aromatic carbocycles. The minimum Gasteiger partial charge on any atom is -0.466 e. The van der Waals surface area contributed by atoms with Gasteiger partial charge in [-0.1, -0.05) is 11.6 Å². The van der Waals surface area contributed by atoms with Crippen LogP contribution < -0.4 is 0 Å². The quantitative estimate of drug-likeness (QED) is 0.536. The third kappa shape index (κ3) is 4.09. The predicted molar refractivity (Wildman–Crippen MR) is 120 cm³/mol. The summed E-state index contributed by atoms with van der Waals surface area (Å²) in [5, 5.41) is 1.97. The summed E-state index contributed by atoms with van der Waals surface area (Å²) < 4.78 is 7.70. The Kier molecular flexibility index (Phi) is 6.11. The minimum absolute atomic E-state index is 0.0158. The monoisotopic (exact) mass is 425 g/mol. The molecule has 3 heterocycles. The first kappa shape index (κ1) is 20.9. The molecule has 0 fully saturated rings. The fraction of sp³-hybridized carbons (Fsp3) is 0.417. The van der Waals surface area contributed by atoms with Gasteiger partial charge in [0.1, 0.15) is 0 Å². The molecule has 0 saturated heterocycles. The Hall–Kier alpha value is -2.37. The van der Waals surface area contributed by atoms with Gasteiger partial charge in [-0.3, -0.25) is 9.78 Å². The molecule has 0 N–H and O–H groups in total. The molecule has 0 aliphatic carbocycles. The van der Waals surface area contributed by atoms with Gasteiger partial charge in [0.2, 0.25) is 0 Å². The zero-order valence-electron chi connectivity index (χ0n) is 17.8. The van der Waals surface area contributed by atoms with Crippen molar-refractivity contribution in [3.63, 3.8) is 0 Å². The topological polar surface area (TPSA) is 47.4 Å². The molecule has 0 bridgehead atoms. The highest BCUT2D eigenvalue weighted by Crippen LogP contribution is 2.35. The van der Waals surface area contributed by atoms with E-state index >= 15 is 0 Å². The first-order chi connectivity index (χ1) is 14.5. The summed E-state index contributed by atoms with van der Waals surface area (Å²) in [4.78, 5) is 19.0. The maximum atomic E-state index is 12.4. The summed E-state index contributed by atoms with van der Waals surface area (Å²) in [6, 6.07) is 8.16. The van der Waals surface area contributed by atoms with E-state index in [0.29, 0.717) is 13.0 Å². The zero-order chi connectivity index (χ0) is 21.3. The number of esters is 1. The number of benzene rings is 1. The summed E-state index contributed by atoms with van der Waals surface area (Å²) >= 11 is 6.34. The van der Waals surface area contributed by atoms with Crippen LogP contribution in [0.1, 0.15) is 41.6 Å². The van der Waals surface area contributed by atoms with Crippen molar-refractivity contribution in [1.82, 2.24) is 14.5 Å². The zero-order valence-corrected chi connectivity index (χ0v) is 18.6. The van der Waals surface area contributed by atoms with Gasteiger partial charge in [0.15, 0.2) is 0 Å². The molecule has 1 aliphatic heterocycles. The lowest BCUT2D eigenvalue weighted by Crippen LogP contribution is -2.28. The fourth-order valence-corrected chi connectivity index (χ4v) is 4.79. The highest BCUT2D eigenvalue weighted by atomic mass is 35.5. The van der Waals surface area contributed by atoms with Gasteiger partial charge >= 0.3 is 5.97 Å². The van der Waals surface area contributed by atoms with Crippen LogP contribution in [0.25, 0.3) is 10.9 Å². The van der Waals surface area contributed by atoms with Gasteiger partial charge in [-0.25, -0.2) is 0 Å². The predicted octanol–water partition coefficient (Wildman–Crippen LogP) is 4.72. The molecule has 0 amide bonds. The number of hydrogen-bond donors (Lipinski definition) is 0. The number of halogens is 1. The number of ether oxygens (including phenoxy) is 1. The van der Waals surface area contributed by atoms with E-state index in [0.717, 1.165) is 42.2 Å². The summed E-state index contributed by atoms with van der Waals surface area (Å²) in [6.45, 7) is 6.96. The van der Waals surface area contributed by atoms with Crippen LogP contribution in [0.3, 0.4) is 0 Å². The van der Waals surface area contributed by atoms with E-state index < -0.39 is 0 Å². The number of pyridine rings is 1. The number of rotatable bonds is 6. The largest absolute Gasteiger partial charge is 0.466 e. The van der Waals surface area contributed by atoms with E-state index in [1.807, 2.05) is 25.3 Å². The van der Waals surface area contributed by atoms with Crippen LogP contribution in [0.2, 0.25) is 5.02 Å². The molecule has 158 valence electrons. The van der Waals surface area contributed by atoms with Crippen molar-refractivity contribution < 1.29 is 9.53 Å². The lowest BCUT2D eigenvalue weighted by atomic mass is 9.93. The SMILES string of the molecule is CCOC(=O)CC(Cn1c2c(c3cc(Cl)ccc31)CN(C)CC2)c1ccncc1C. The number of fused-ring (bicyclic) bond motifs is 3. The van der Waals surface area contributed by atoms with Gasteiger partial charge in [0, 0.05) is 66.0 Å². The third-order valence-corrected chi connectivity index (χ3v) is 6.27. The van der Waals surface area contributed by atoms with Crippen LogP contribution >= 0.6 is 11.6 Å². The number of nitrogens with zero attached hydrogens (tertiary/aromatic N) is 3. The maximum Gasteiger partial charge on any atom is 0.306 e. The lowest BCUT2D eigenvalue weighted by molar-refractivity contribution is -0.143. The van der Waals surface area contributed by atoms with Crippen molar-refractivity contribution >= 4 is 28.5 Å². The second kappa shape index (κ2) is 8.78. The van der Waals surface area contributed by atoms with E-state index in [2.05, 4.69) is 40.6 Å². The smallest absolute Gasteiger partial charge is 0.306 e. The minimum atomic E-state index is -0.160. The van der Waals surface area contributed by atoms with Crippen molar-refractivity contribution in [3.05, 3.63) is 64.1 Å². The fourth-order valence-electron chi connectivity index (χ4n) is 4.62. The molecule has 1 unspecified atom stereocenters. The molecule has 30 heavy (non-hydrogen) atoms. The number of carbonyl (C=O) groups excluding carboxylic acids is 1. The van der Waals surface area contributed by atoms with Gasteiger partial charge in [0.05, 0.1) is 13.0 Å². The Labute approximate surface area is 182 Å². The van der Waals surface area contributed by atoms with Crippen LogP contribution in [0, 0.1) is 6.92 Å². The van der Waals surface area contributed by atoms with Crippen molar-refractivity contribution in [2.24, 2.45) is 0 Å². The van der Waals surface area contributed by atoms with Crippen LogP contribution in [0.15, 0.2) is 36.7 Å². The van der Waals surface area contributed by atoms with E-state index in [4.69, 9.17) is 16.3 Å². The average Bonchev–Trinajstić information content (AvgIpc) is 3.00. The summed E-state index contributed by atoms with van der Waals surface area (Å²) in [5.74, 6) is -0.145. The van der Waals surface area contributed by atoms with E-state index in [-0.39, 0.29) is 11.9 Å². The Morgan fingerprint density at radius 2 is 2.17 bits per heavy atom. The highest BCUT2D eigenvalue weighted by molar-refractivity contribution is 6.31. The molecule has 5 nitrogen and oxygen atoms in total. The normalized spacial score (nSPS) is 15.2. The molecule has 6 heteroatoms. The Bertz CT molecular complexity index is 1080. The first-order valence-corrected chi connectivity index (χ1v) is 10.9. The Morgan fingerprint density at radius 1 is 1.33 bits per heavy atom. The Balaban J connectivity index is 1.79. The molecule has 4 rings (SSSR count).